The number of carbonyl (C=O) groups is 1. The second kappa shape index (κ2) is 6.51. The second-order valence-corrected chi connectivity index (χ2v) is 5.83. The quantitative estimate of drug-likeness (QED) is 0.496. The number of rotatable bonds is 5. The van der Waals surface area contributed by atoms with E-state index >= 15 is 0 Å². The molecule has 1 amide bonds. The first kappa shape index (κ1) is 16.5. The number of nitro groups is 1. The van der Waals surface area contributed by atoms with E-state index < -0.39 is 16.6 Å². The van der Waals surface area contributed by atoms with Gasteiger partial charge in [0.15, 0.2) is 0 Å². The summed E-state index contributed by atoms with van der Waals surface area (Å²) in [4.78, 5) is 26.4. The van der Waals surface area contributed by atoms with Crippen LogP contribution in [0.1, 0.15) is 20.8 Å². The van der Waals surface area contributed by atoms with Crippen LogP contribution in [-0.2, 0) is 4.74 Å². The monoisotopic (exact) mass is 321 g/mol. The average molecular weight is 321 g/mol. The third-order valence-electron chi connectivity index (χ3n) is 2.76. The molecule has 0 aromatic carbocycles. The lowest BCUT2D eigenvalue weighted by Gasteiger charge is -2.19. The highest BCUT2D eigenvalue weighted by Crippen LogP contribution is 2.24. The number of fused-ring (bicyclic) bond motifs is 1. The fraction of sp³-hybridized carbons (Fsp3) is 0.429. The molecule has 2 aromatic rings. The highest BCUT2D eigenvalue weighted by atomic mass is 16.6. The summed E-state index contributed by atoms with van der Waals surface area (Å²) < 4.78 is 6.49. The molecule has 0 atom stereocenters. The van der Waals surface area contributed by atoms with E-state index in [1.165, 1.54) is 4.40 Å². The van der Waals surface area contributed by atoms with Crippen molar-refractivity contribution in [3.8, 4) is 0 Å². The fourth-order valence-corrected chi connectivity index (χ4v) is 1.94. The van der Waals surface area contributed by atoms with Gasteiger partial charge in [-0.05, 0) is 31.8 Å². The summed E-state index contributed by atoms with van der Waals surface area (Å²) >= 11 is 0. The van der Waals surface area contributed by atoms with Crippen molar-refractivity contribution in [2.24, 2.45) is 0 Å². The van der Waals surface area contributed by atoms with Crippen LogP contribution in [0.25, 0.3) is 5.65 Å². The molecular weight excluding hydrogens is 302 g/mol. The normalized spacial score (nSPS) is 11.3. The van der Waals surface area contributed by atoms with Crippen LogP contribution < -0.4 is 10.6 Å². The number of aromatic nitrogens is 2. The number of carbonyl (C=O) groups excluding carboxylic acids is 1. The highest BCUT2D eigenvalue weighted by molar-refractivity contribution is 5.67. The zero-order valence-corrected chi connectivity index (χ0v) is 13.2. The Balaban J connectivity index is 1.96. The van der Waals surface area contributed by atoms with Gasteiger partial charge in [0.05, 0.1) is 6.20 Å². The summed E-state index contributed by atoms with van der Waals surface area (Å²) in [6.07, 6.45) is 1.04. The van der Waals surface area contributed by atoms with Crippen LogP contribution in [0.3, 0.4) is 0 Å². The lowest BCUT2D eigenvalue weighted by atomic mass is 10.2. The van der Waals surface area contributed by atoms with E-state index in [4.69, 9.17) is 4.74 Å². The molecule has 0 radical (unpaired) electrons. The SMILES string of the molecule is CC(C)(C)OC(=O)NCCNc1nc2ccccn2c1[N+](=O)[O-]. The van der Waals surface area contributed by atoms with E-state index in [2.05, 4.69) is 15.6 Å². The molecule has 2 N–H and O–H groups in total. The third kappa shape index (κ3) is 4.31. The summed E-state index contributed by atoms with van der Waals surface area (Å²) in [6.45, 7) is 5.84. The lowest BCUT2D eigenvalue weighted by molar-refractivity contribution is -0.389. The largest absolute Gasteiger partial charge is 0.444 e. The molecule has 0 spiro atoms. The van der Waals surface area contributed by atoms with Gasteiger partial charge in [-0.1, -0.05) is 6.07 Å². The van der Waals surface area contributed by atoms with Crippen LogP contribution in [0.15, 0.2) is 24.4 Å². The Hall–Kier alpha value is -2.84. The van der Waals surface area contributed by atoms with Gasteiger partial charge in [0, 0.05) is 19.2 Å². The fourth-order valence-electron chi connectivity index (χ4n) is 1.94. The van der Waals surface area contributed by atoms with Gasteiger partial charge in [0.2, 0.25) is 11.5 Å². The van der Waals surface area contributed by atoms with Gasteiger partial charge in [-0.2, -0.15) is 9.38 Å². The van der Waals surface area contributed by atoms with E-state index in [0.717, 1.165) is 0 Å². The Labute approximate surface area is 132 Å². The Morgan fingerprint density at radius 3 is 2.78 bits per heavy atom. The number of alkyl carbamates (subject to hydrolysis) is 1. The van der Waals surface area contributed by atoms with E-state index in [9.17, 15) is 14.9 Å². The van der Waals surface area contributed by atoms with E-state index in [1.807, 2.05) is 0 Å². The second-order valence-electron chi connectivity index (χ2n) is 5.83. The number of ether oxygens (including phenoxy) is 1. The molecule has 124 valence electrons. The van der Waals surface area contributed by atoms with Gasteiger partial charge < -0.3 is 25.5 Å². The minimum absolute atomic E-state index is 0.141. The Morgan fingerprint density at radius 1 is 1.39 bits per heavy atom. The molecule has 2 aromatic heterocycles. The number of imidazole rings is 1. The zero-order chi connectivity index (χ0) is 17.0. The first-order chi connectivity index (χ1) is 10.8. The number of amides is 1. The Morgan fingerprint density at radius 2 is 2.13 bits per heavy atom. The molecule has 0 bridgehead atoms. The molecule has 9 nitrogen and oxygen atoms in total. The first-order valence-electron chi connectivity index (χ1n) is 7.10. The summed E-state index contributed by atoms with van der Waals surface area (Å²) in [5.41, 5.74) is -0.0976. The number of nitrogens with one attached hydrogen (secondary N) is 2. The molecule has 0 saturated carbocycles. The number of hydrogen-bond donors (Lipinski definition) is 2. The van der Waals surface area contributed by atoms with Crippen molar-refractivity contribution in [2.75, 3.05) is 18.4 Å². The van der Waals surface area contributed by atoms with E-state index in [1.54, 1.807) is 45.2 Å². The van der Waals surface area contributed by atoms with Crippen molar-refractivity contribution in [1.29, 1.82) is 0 Å². The van der Waals surface area contributed by atoms with Crippen molar-refractivity contribution in [1.82, 2.24) is 14.7 Å². The van der Waals surface area contributed by atoms with Gasteiger partial charge in [-0.15, -0.1) is 0 Å². The smallest absolute Gasteiger partial charge is 0.407 e. The molecule has 0 unspecified atom stereocenters. The molecule has 2 heterocycles. The Kier molecular flexibility index (Phi) is 4.68. The average Bonchev–Trinajstić information content (AvgIpc) is 2.80. The van der Waals surface area contributed by atoms with Crippen LogP contribution in [0, 0.1) is 10.1 Å². The summed E-state index contributed by atoms with van der Waals surface area (Å²) in [6, 6.07) is 5.12. The minimum atomic E-state index is -0.572. The van der Waals surface area contributed by atoms with E-state index in [0.29, 0.717) is 5.65 Å². The molecule has 9 heteroatoms. The van der Waals surface area contributed by atoms with Crippen LogP contribution >= 0.6 is 0 Å². The standard InChI is InChI=1S/C14H19N5O4/c1-14(2,3)23-13(20)16-8-7-15-11-12(19(21)22)18-9-5-4-6-10(18)17-11/h4-6,9,15H,7-8H2,1-3H3,(H,16,20). The topological polar surface area (TPSA) is 111 Å². The zero-order valence-electron chi connectivity index (χ0n) is 13.2. The molecule has 0 saturated heterocycles. The van der Waals surface area contributed by atoms with Gasteiger partial charge >= 0.3 is 11.9 Å². The number of pyridine rings is 1. The summed E-state index contributed by atoms with van der Waals surface area (Å²) in [5, 5.41) is 16.6. The molecular formula is C14H19N5O4. The van der Waals surface area contributed by atoms with E-state index in [-0.39, 0.29) is 24.7 Å². The van der Waals surface area contributed by atoms with Crippen LogP contribution in [0.4, 0.5) is 16.4 Å². The van der Waals surface area contributed by atoms with Crippen LogP contribution in [0.2, 0.25) is 0 Å². The maximum Gasteiger partial charge on any atom is 0.407 e. The molecule has 0 fully saturated rings. The molecule has 2 rings (SSSR count). The highest BCUT2D eigenvalue weighted by Gasteiger charge is 2.22. The van der Waals surface area contributed by atoms with Gasteiger partial charge in [0.25, 0.3) is 0 Å². The minimum Gasteiger partial charge on any atom is -0.444 e. The molecule has 0 aliphatic carbocycles. The van der Waals surface area contributed by atoms with Gasteiger partial charge in [-0.25, -0.2) is 4.79 Å². The van der Waals surface area contributed by atoms with Crippen molar-refractivity contribution < 1.29 is 14.5 Å². The maximum absolute atomic E-state index is 11.5. The first-order valence-corrected chi connectivity index (χ1v) is 7.10. The number of nitrogens with zero attached hydrogens (tertiary/aromatic N) is 3. The van der Waals surface area contributed by atoms with Crippen molar-refractivity contribution in [3.63, 3.8) is 0 Å². The summed E-state index contributed by atoms with van der Waals surface area (Å²) in [7, 11) is 0. The van der Waals surface area contributed by atoms with Crippen molar-refractivity contribution in [2.45, 2.75) is 26.4 Å². The predicted molar refractivity (Wildman–Crippen MR) is 84.6 cm³/mol. The Bertz CT molecular complexity index is 720. The molecule has 0 aliphatic rings. The van der Waals surface area contributed by atoms with Gasteiger partial charge in [0.1, 0.15) is 5.60 Å². The summed E-state index contributed by atoms with van der Waals surface area (Å²) in [5.74, 6) is 0.0186. The van der Waals surface area contributed by atoms with Crippen molar-refractivity contribution in [3.05, 3.63) is 34.5 Å². The van der Waals surface area contributed by atoms with Crippen LogP contribution in [0.5, 0.6) is 0 Å². The number of anilines is 1. The third-order valence-corrected chi connectivity index (χ3v) is 2.76. The molecule has 0 aliphatic heterocycles. The van der Waals surface area contributed by atoms with Crippen molar-refractivity contribution >= 4 is 23.4 Å². The van der Waals surface area contributed by atoms with Crippen LogP contribution in [-0.4, -0.2) is 39.1 Å². The molecule has 23 heavy (non-hydrogen) atoms. The van der Waals surface area contributed by atoms with Gasteiger partial charge in [-0.3, -0.25) is 0 Å². The maximum atomic E-state index is 11.5. The predicted octanol–water partition coefficient (Wildman–Crippen LogP) is 2.18. The number of hydrogen-bond acceptors (Lipinski definition) is 6. The lowest BCUT2D eigenvalue weighted by Crippen LogP contribution is -2.35.